The number of nitrogens with two attached hydrogens (primary N) is 3. The quantitative estimate of drug-likeness (QED) is 0.00927. The monoisotopic (exact) mass is 1900 g/mol. The van der Waals surface area contributed by atoms with E-state index in [9.17, 15) is 38.4 Å². The van der Waals surface area contributed by atoms with Gasteiger partial charge in [0, 0.05) is 182 Å². The van der Waals surface area contributed by atoms with Crippen molar-refractivity contribution in [3.8, 4) is 0 Å². The molecule has 31 heteroatoms. The number of nitrogens with one attached hydrogen (secondary N) is 8. The second-order valence-electron chi connectivity index (χ2n) is 22.1. The summed E-state index contributed by atoms with van der Waals surface area (Å²) in [7, 11) is 0. The molecule has 28 nitrogen and oxygen atoms in total. The minimum Gasteiger partial charge on any atom is -0.396 e. The number of aliphatic hydroxyl groups excluding tert-OH is 3. The van der Waals surface area contributed by atoms with Crippen LogP contribution in [0.25, 0.3) is 0 Å². The first-order valence-electron chi connectivity index (χ1n) is 31.7. The fraction of sp³-hybridized carbons (Fsp3) is 0.418. The molecule has 0 aliphatic heterocycles. The van der Waals surface area contributed by atoms with E-state index in [-0.39, 0.29) is 159 Å². The first-order valence-corrected chi connectivity index (χ1v) is 33.2. The predicted octanol–water partition coefficient (Wildman–Crippen LogP) is 6.72. The summed E-state index contributed by atoms with van der Waals surface area (Å²) < 4.78 is 6.13. The number of anilines is 8. The molecule has 2 radical (unpaired) electrons. The van der Waals surface area contributed by atoms with Gasteiger partial charge in [-0.05, 0) is 186 Å². The van der Waals surface area contributed by atoms with Crippen molar-refractivity contribution in [1.29, 1.82) is 5.41 Å². The van der Waals surface area contributed by atoms with E-state index in [0.29, 0.717) is 87.4 Å². The van der Waals surface area contributed by atoms with Crippen molar-refractivity contribution in [1.82, 2.24) is 48.2 Å². The molecule has 8 aromatic rings. The largest absolute Gasteiger partial charge is 0.396 e. The summed E-state index contributed by atoms with van der Waals surface area (Å²) in [5.74, 6) is 3.03. The third kappa shape index (κ3) is 32.6. The Labute approximate surface area is 654 Å². The first kappa shape index (κ1) is 89.4. The molecule has 0 atom stereocenters. The summed E-state index contributed by atoms with van der Waals surface area (Å²) in [4.78, 5) is 113. The number of hydrogen-bond acceptors (Lipinski definition) is 19. The van der Waals surface area contributed by atoms with Crippen LogP contribution in [0.15, 0.2) is 123 Å². The second-order valence-corrected chi connectivity index (χ2v) is 23.2. The van der Waals surface area contributed by atoms with Gasteiger partial charge >= 0.3 is 17.1 Å². The molecular weight excluding hydrogens is 1800 g/mol. The Bertz CT molecular complexity index is 3840. The van der Waals surface area contributed by atoms with Crippen LogP contribution in [0, 0.1) is 128 Å². The molecule has 0 unspecified atom stereocenters. The number of hydrogen-bond donors (Lipinski definition) is 14. The van der Waals surface area contributed by atoms with E-state index >= 15 is 0 Å². The average Bonchev–Trinajstić information content (AvgIpc) is 0.846. The number of aryl methyl sites for hydroxylation is 8. The number of nitrogens with zero attached hydrogens (tertiary/aromatic N) is 6. The van der Waals surface area contributed by atoms with Crippen LogP contribution >= 0.6 is 22.6 Å². The number of unbranched alkanes of at least 4 members (excludes halogenated alkanes) is 4. The predicted molar refractivity (Wildman–Crippen MR) is 392 cm³/mol. The molecule has 528 valence electrons. The van der Waals surface area contributed by atoms with Gasteiger partial charge in [-0.15, -0.1) is 0 Å². The number of aromatic nitrogens is 10. The summed E-state index contributed by atoms with van der Waals surface area (Å²) in [5, 5.41) is 41.7. The Balaban J connectivity index is 0.000000617. The van der Waals surface area contributed by atoms with Crippen molar-refractivity contribution in [2.75, 3.05) is 51.7 Å². The van der Waals surface area contributed by atoms with Crippen molar-refractivity contribution in [3.63, 3.8) is 0 Å². The minimum atomic E-state index is -0.444. The van der Waals surface area contributed by atoms with Gasteiger partial charge in [0.2, 0.25) is 0 Å². The molecule has 0 aliphatic rings. The molecule has 0 bridgehead atoms. The van der Waals surface area contributed by atoms with Crippen molar-refractivity contribution in [2.45, 2.75) is 159 Å². The molecule has 0 saturated carbocycles. The molecule has 0 spiro atoms. The molecule has 98 heavy (non-hydrogen) atoms. The number of aliphatic hydroxyl groups is 3. The Kier molecular flexibility index (Phi) is 44.0. The number of rotatable bonds is 25. The van der Waals surface area contributed by atoms with Crippen LogP contribution < -0.4 is 78.0 Å². The number of amidine groups is 1. The molecule has 17 N–H and O–H groups in total. The zero-order chi connectivity index (χ0) is 71.4. The summed E-state index contributed by atoms with van der Waals surface area (Å²) >= 11 is 2.29. The zero-order valence-electron chi connectivity index (χ0n) is 57.6. The fourth-order valence-electron chi connectivity index (χ4n) is 9.28. The van der Waals surface area contributed by atoms with Crippen molar-refractivity contribution in [2.24, 2.45) is 5.73 Å². The number of H-pyrrole nitrogens is 4. The van der Waals surface area contributed by atoms with Crippen LogP contribution in [0.1, 0.15) is 124 Å². The van der Waals surface area contributed by atoms with Crippen LogP contribution in [0.3, 0.4) is 0 Å². The molecule has 0 fully saturated rings. The van der Waals surface area contributed by atoms with Crippen LogP contribution in [0.4, 0.5) is 46.2 Å². The summed E-state index contributed by atoms with van der Waals surface area (Å²) in [6, 6.07) is 24.7. The first-order chi connectivity index (χ1) is 45.7. The number of benzene rings is 3. The van der Waals surface area contributed by atoms with E-state index < -0.39 is 11.4 Å². The standard InChI is InChI=1S/C17H22IN3O2.2C17H23N3O3.C9H15N3O2.C5H7N3O.C2H6N2.2Ac/c1-3-13-10-14(7-6-12(13)2)19-15-11-16(22)21(17(23)20-15)9-5-4-8-18;2*1-3-13-10-14(7-6-12(13)2)18-15-11-16(22)20(17(23)19-15)8-4-5-9-21;1-7-11-8(10)6-9(14)12(7)4-2-3-5-13;1-3-7-4(6)2-5(9)8-3;1-2(3)4;;/h6-7,10-11,19H,3-5,8-9H2,1-2H3,(H,20,23);2*6-7,10-11,18,21H,3-5,8-9H2,1-2H3,(H,19,23);6,13H,2-5,10H2,1H3;2H,1H3,(H3,6,7,8,9);1H3,(H3,3,4);;. The molecule has 8 rings (SSSR count). The molecule has 3 aromatic carbocycles. The number of alkyl halides is 1. The number of nitrogen functional groups attached to an aromatic ring is 2. The molecule has 5 aromatic heterocycles. The smallest absolute Gasteiger partial charge is 0.329 e. The third-order valence-corrected chi connectivity index (χ3v) is 15.1. The van der Waals surface area contributed by atoms with Crippen LogP contribution in [0.5, 0.6) is 0 Å². The maximum atomic E-state index is 12.1. The Hall–Kier alpha value is -6.58. The van der Waals surface area contributed by atoms with Gasteiger partial charge in [-0.1, -0.05) is 61.6 Å². The third-order valence-electron chi connectivity index (χ3n) is 14.3. The average molecular weight is 1900 g/mol. The van der Waals surface area contributed by atoms with E-state index in [1.807, 2.05) is 54.6 Å². The van der Waals surface area contributed by atoms with E-state index in [1.165, 1.54) is 75.2 Å². The fourth-order valence-corrected chi connectivity index (χ4v) is 9.82. The van der Waals surface area contributed by atoms with Gasteiger partial charge in [0.15, 0.2) is 0 Å². The Morgan fingerprint density at radius 3 is 1.05 bits per heavy atom. The van der Waals surface area contributed by atoms with Crippen LogP contribution in [0.2, 0.25) is 0 Å². The Morgan fingerprint density at radius 2 is 0.776 bits per heavy atom. The van der Waals surface area contributed by atoms with Crippen LogP contribution in [-0.4, -0.2) is 93.6 Å². The molecule has 5 heterocycles. The summed E-state index contributed by atoms with van der Waals surface area (Å²) in [6.07, 6.45) is 8.37. The molecule has 0 aliphatic carbocycles. The van der Waals surface area contributed by atoms with Gasteiger partial charge in [0.25, 0.3) is 27.8 Å². The van der Waals surface area contributed by atoms with Gasteiger partial charge in [-0.3, -0.25) is 62.6 Å². The van der Waals surface area contributed by atoms with Crippen molar-refractivity contribution < 1.29 is 103 Å². The van der Waals surface area contributed by atoms with E-state index in [1.54, 1.807) is 18.4 Å². The molecule has 0 amide bonds. The maximum Gasteiger partial charge on any atom is 0.329 e. The van der Waals surface area contributed by atoms with Gasteiger partial charge in [0.05, 0.1) is 5.84 Å². The normalized spacial score (nSPS) is 10.2. The SMILES string of the molecule is CC(=N)N.CCc1cc(Nc2cc(=O)n(CCCCI)c(=O)[nH]2)ccc1C.CCc1cc(Nc2cc(=O)n(CCCCO)c(=O)[nH]2)ccc1C.CCc1cc(Nc2cc(=O)n(CCCCO)c(=O)[nH]2)ccc1C.Cc1nc(N)cc(=O)[nH]1.Cc1nc(N)cc(=O)n1CCCCO.[Ac].[Ac]. The summed E-state index contributed by atoms with van der Waals surface area (Å²) in [5.41, 5.74) is 22.6. The van der Waals surface area contributed by atoms with Gasteiger partial charge in [-0.25, -0.2) is 24.4 Å². The second kappa shape index (κ2) is 48.2. The van der Waals surface area contributed by atoms with Crippen molar-refractivity contribution in [3.05, 3.63) is 213 Å². The molecule has 0 saturated heterocycles. The van der Waals surface area contributed by atoms with Gasteiger partial charge < -0.3 is 53.5 Å². The van der Waals surface area contributed by atoms with E-state index in [4.69, 9.17) is 37.9 Å². The zero-order valence-corrected chi connectivity index (χ0v) is 69.2. The molecular formula is C67H96Ac2IN17O11. The van der Waals surface area contributed by atoms with Crippen LogP contribution in [-0.2, 0) is 45.4 Å². The number of aromatic amines is 4. The number of halogens is 1. The van der Waals surface area contributed by atoms with Gasteiger partial charge in [0.1, 0.15) is 40.7 Å². The van der Waals surface area contributed by atoms with E-state index in [0.717, 1.165) is 69.1 Å². The minimum absolute atomic E-state index is 0. The Morgan fingerprint density at radius 1 is 0.469 bits per heavy atom. The van der Waals surface area contributed by atoms with E-state index in [2.05, 4.69) is 110 Å². The topological polar surface area (TPSA) is 444 Å². The summed E-state index contributed by atoms with van der Waals surface area (Å²) in [6.45, 7) is 19.3. The van der Waals surface area contributed by atoms with Gasteiger partial charge in [-0.2, -0.15) is 0 Å². The van der Waals surface area contributed by atoms with Crippen molar-refractivity contribution >= 4 is 74.6 Å². The maximum absolute atomic E-state index is 12.1.